The van der Waals surface area contributed by atoms with Gasteiger partial charge in [0.15, 0.2) is 11.5 Å². The van der Waals surface area contributed by atoms with Crippen molar-refractivity contribution < 1.29 is 18.3 Å². The molecule has 0 aliphatic heterocycles. The maximum atomic E-state index is 14.1. The molecule has 0 saturated heterocycles. The SMILES string of the molecule is CC(=O)OCCc1cnc(-c2nn(Cc3ccccc3F)c3ncc(F)cc23)nc1Cl. The standard InChI is InChI=1S/C21H16ClF2N5O2/c1-12(30)31-7-6-13-9-25-20(27-19(13)22)18-16-8-15(23)10-26-21(16)29(28-18)11-14-4-2-3-5-17(14)24/h2-5,8-10H,6-7,11H2,1H3. The van der Waals surface area contributed by atoms with Crippen LogP contribution in [-0.4, -0.2) is 37.3 Å². The number of fused-ring (bicyclic) bond motifs is 1. The van der Waals surface area contributed by atoms with Crippen LogP contribution in [0.25, 0.3) is 22.6 Å². The molecule has 0 unspecified atom stereocenters. The van der Waals surface area contributed by atoms with Gasteiger partial charge in [-0.05, 0) is 12.1 Å². The summed E-state index contributed by atoms with van der Waals surface area (Å²) >= 11 is 6.27. The molecular weight excluding hydrogens is 428 g/mol. The molecular formula is C21H16ClF2N5O2. The first kappa shape index (κ1) is 20.8. The number of rotatable bonds is 6. The van der Waals surface area contributed by atoms with Gasteiger partial charge in [0.05, 0.1) is 24.7 Å². The molecule has 158 valence electrons. The second-order valence-electron chi connectivity index (χ2n) is 6.72. The molecule has 3 aromatic heterocycles. The predicted molar refractivity (Wildman–Crippen MR) is 109 cm³/mol. The molecule has 0 aliphatic rings. The Labute approximate surface area is 180 Å². The highest BCUT2D eigenvalue weighted by Crippen LogP contribution is 2.27. The van der Waals surface area contributed by atoms with Crippen LogP contribution in [0.2, 0.25) is 5.15 Å². The van der Waals surface area contributed by atoms with Crippen LogP contribution in [-0.2, 0) is 22.5 Å². The summed E-state index contributed by atoms with van der Waals surface area (Å²) < 4.78 is 34.4. The van der Waals surface area contributed by atoms with E-state index in [1.807, 2.05) is 0 Å². The van der Waals surface area contributed by atoms with Gasteiger partial charge in [-0.25, -0.2) is 28.4 Å². The van der Waals surface area contributed by atoms with E-state index in [0.717, 1.165) is 6.20 Å². The van der Waals surface area contributed by atoms with Gasteiger partial charge >= 0.3 is 5.97 Å². The van der Waals surface area contributed by atoms with Gasteiger partial charge in [0, 0.05) is 30.7 Å². The third-order valence-electron chi connectivity index (χ3n) is 4.53. The Hall–Kier alpha value is -3.46. The van der Waals surface area contributed by atoms with E-state index in [9.17, 15) is 13.6 Å². The lowest BCUT2D eigenvalue weighted by Gasteiger charge is -2.05. The smallest absolute Gasteiger partial charge is 0.302 e. The van der Waals surface area contributed by atoms with Gasteiger partial charge in [0.1, 0.15) is 22.5 Å². The lowest BCUT2D eigenvalue weighted by molar-refractivity contribution is -0.140. The molecule has 7 nitrogen and oxygen atoms in total. The fourth-order valence-corrected chi connectivity index (χ4v) is 3.29. The molecule has 0 atom stereocenters. The number of benzene rings is 1. The molecule has 0 radical (unpaired) electrons. The fourth-order valence-electron chi connectivity index (χ4n) is 3.07. The number of esters is 1. The van der Waals surface area contributed by atoms with Crippen molar-refractivity contribution in [1.29, 1.82) is 0 Å². The second kappa shape index (κ2) is 8.73. The van der Waals surface area contributed by atoms with Crippen molar-refractivity contribution in [3.8, 4) is 11.5 Å². The molecule has 0 saturated carbocycles. The van der Waals surface area contributed by atoms with Crippen LogP contribution in [0.3, 0.4) is 0 Å². The van der Waals surface area contributed by atoms with E-state index in [0.29, 0.717) is 28.6 Å². The van der Waals surface area contributed by atoms with Crippen molar-refractivity contribution in [2.75, 3.05) is 6.61 Å². The molecule has 0 amide bonds. The number of carbonyl (C=O) groups is 1. The Kier molecular flexibility index (Phi) is 5.85. The van der Waals surface area contributed by atoms with E-state index in [1.54, 1.807) is 18.2 Å². The van der Waals surface area contributed by atoms with E-state index in [4.69, 9.17) is 16.3 Å². The van der Waals surface area contributed by atoms with Crippen LogP contribution >= 0.6 is 11.6 Å². The Morgan fingerprint density at radius 1 is 1.16 bits per heavy atom. The van der Waals surface area contributed by atoms with Crippen LogP contribution in [0, 0.1) is 11.6 Å². The zero-order valence-electron chi connectivity index (χ0n) is 16.3. The monoisotopic (exact) mass is 443 g/mol. The second-order valence-corrected chi connectivity index (χ2v) is 7.08. The van der Waals surface area contributed by atoms with Crippen molar-refractivity contribution in [3.05, 3.63) is 70.6 Å². The molecule has 10 heteroatoms. The van der Waals surface area contributed by atoms with Crippen molar-refractivity contribution >= 4 is 28.6 Å². The van der Waals surface area contributed by atoms with Gasteiger partial charge in [0.2, 0.25) is 0 Å². The maximum Gasteiger partial charge on any atom is 0.302 e. The van der Waals surface area contributed by atoms with Crippen molar-refractivity contribution in [1.82, 2.24) is 24.7 Å². The highest BCUT2D eigenvalue weighted by atomic mass is 35.5. The summed E-state index contributed by atoms with van der Waals surface area (Å²) in [5.74, 6) is -1.16. The van der Waals surface area contributed by atoms with E-state index in [1.165, 1.54) is 29.9 Å². The zero-order chi connectivity index (χ0) is 22.0. The number of aromatic nitrogens is 5. The first-order valence-electron chi connectivity index (χ1n) is 9.33. The number of ether oxygens (including phenoxy) is 1. The Morgan fingerprint density at radius 3 is 2.71 bits per heavy atom. The number of carbonyl (C=O) groups excluding carboxylic acids is 1. The summed E-state index contributed by atoms with van der Waals surface area (Å²) in [7, 11) is 0. The van der Waals surface area contributed by atoms with E-state index >= 15 is 0 Å². The average Bonchev–Trinajstić information content (AvgIpc) is 3.08. The van der Waals surface area contributed by atoms with Crippen LogP contribution in [0.15, 0.2) is 42.7 Å². The first-order valence-corrected chi connectivity index (χ1v) is 9.71. The van der Waals surface area contributed by atoms with Gasteiger partial charge in [-0.2, -0.15) is 5.10 Å². The van der Waals surface area contributed by atoms with Crippen molar-refractivity contribution in [3.63, 3.8) is 0 Å². The number of hydrogen-bond acceptors (Lipinski definition) is 6. The molecule has 0 aliphatic carbocycles. The predicted octanol–water partition coefficient (Wildman–Crippen LogP) is 3.97. The summed E-state index contributed by atoms with van der Waals surface area (Å²) in [5.41, 5.74) is 1.63. The normalized spacial score (nSPS) is 11.1. The van der Waals surface area contributed by atoms with Gasteiger partial charge in [-0.15, -0.1) is 0 Å². The molecule has 0 fully saturated rings. The lowest BCUT2D eigenvalue weighted by Crippen LogP contribution is -2.06. The van der Waals surface area contributed by atoms with E-state index in [2.05, 4.69) is 20.1 Å². The summed E-state index contributed by atoms with van der Waals surface area (Å²) in [5, 5.41) is 5.00. The molecule has 0 N–H and O–H groups in total. The van der Waals surface area contributed by atoms with Gasteiger partial charge in [-0.1, -0.05) is 29.8 Å². The van der Waals surface area contributed by atoms with E-state index < -0.39 is 11.8 Å². The third kappa shape index (κ3) is 4.51. The highest BCUT2D eigenvalue weighted by Gasteiger charge is 2.19. The van der Waals surface area contributed by atoms with Gasteiger partial charge < -0.3 is 4.74 Å². The molecule has 31 heavy (non-hydrogen) atoms. The van der Waals surface area contributed by atoms with Crippen LogP contribution < -0.4 is 0 Å². The van der Waals surface area contributed by atoms with Crippen LogP contribution in [0.1, 0.15) is 18.1 Å². The molecule has 4 aromatic rings. The minimum Gasteiger partial charge on any atom is -0.466 e. The molecule has 4 rings (SSSR count). The van der Waals surface area contributed by atoms with Gasteiger partial charge in [-0.3, -0.25) is 4.79 Å². The molecule has 3 heterocycles. The zero-order valence-corrected chi connectivity index (χ0v) is 17.1. The third-order valence-corrected chi connectivity index (χ3v) is 4.86. The summed E-state index contributed by atoms with van der Waals surface area (Å²) in [4.78, 5) is 23.6. The number of halogens is 3. The van der Waals surface area contributed by atoms with Crippen LogP contribution in [0.5, 0.6) is 0 Å². The quantitative estimate of drug-likeness (QED) is 0.331. The molecule has 0 bridgehead atoms. The summed E-state index contributed by atoms with van der Waals surface area (Å²) in [6.07, 6.45) is 2.91. The Morgan fingerprint density at radius 2 is 1.97 bits per heavy atom. The number of pyridine rings is 1. The largest absolute Gasteiger partial charge is 0.466 e. The Bertz CT molecular complexity index is 1280. The maximum absolute atomic E-state index is 14.1. The van der Waals surface area contributed by atoms with Crippen LogP contribution in [0.4, 0.5) is 8.78 Å². The summed E-state index contributed by atoms with van der Waals surface area (Å²) in [6, 6.07) is 7.58. The van der Waals surface area contributed by atoms with Crippen molar-refractivity contribution in [2.45, 2.75) is 19.9 Å². The topological polar surface area (TPSA) is 82.8 Å². The average molecular weight is 444 g/mol. The lowest BCUT2D eigenvalue weighted by atomic mass is 10.2. The fraction of sp³-hybridized carbons (Fsp3) is 0.190. The number of hydrogen-bond donors (Lipinski definition) is 0. The van der Waals surface area contributed by atoms with Crippen molar-refractivity contribution in [2.24, 2.45) is 0 Å². The number of nitrogens with zero attached hydrogens (tertiary/aromatic N) is 5. The minimum absolute atomic E-state index is 0.0933. The minimum atomic E-state index is -0.553. The highest BCUT2D eigenvalue weighted by molar-refractivity contribution is 6.30. The van der Waals surface area contributed by atoms with Gasteiger partial charge in [0.25, 0.3) is 0 Å². The first-order chi connectivity index (χ1) is 14.9. The Balaban J connectivity index is 1.72. The van der Waals surface area contributed by atoms with E-state index in [-0.39, 0.29) is 35.6 Å². The molecule has 1 aromatic carbocycles. The summed E-state index contributed by atoms with van der Waals surface area (Å²) in [6.45, 7) is 1.56. The molecule has 0 spiro atoms.